The van der Waals surface area contributed by atoms with Gasteiger partial charge >= 0.3 is 0 Å². The van der Waals surface area contributed by atoms with Gasteiger partial charge in [0.05, 0.1) is 11.4 Å². The maximum atomic E-state index is 6.02. The highest BCUT2D eigenvalue weighted by Gasteiger charge is 2.26. The number of benzene rings is 1. The van der Waals surface area contributed by atoms with Crippen molar-refractivity contribution in [2.45, 2.75) is 12.8 Å². The van der Waals surface area contributed by atoms with E-state index in [0.717, 1.165) is 24.7 Å². The lowest BCUT2D eigenvalue weighted by molar-refractivity contribution is 0.248. The average molecular weight is 231 g/mol. The third-order valence-electron chi connectivity index (χ3n) is 3.86. The summed E-state index contributed by atoms with van der Waals surface area (Å²) in [6, 6.07) is 8.20. The normalized spacial score (nSPS) is 21.8. The van der Waals surface area contributed by atoms with E-state index >= 15 is 0 Å². The van der Waals surface area contributed by atoms with E-state index in [0.29, 0.717) is 0 Å². The summed E-state index contributed by atoms with van der Waals surface area (Å²) in [6.07, 6.45) is 2.90. The van der Waals surface area contributed by atoms with Crippen molar-refractivity contribution in [3.05, 3.63) is 24.3 Å². The Kier molecular flexibility index (Phi) is 2.93. The molecule has 3 nitrogen and oxygen atoms in total. The summed E-state index contributed by atoms with van der Waals surface area (Å²) < 4.78 is 0. The molecule has 17 heavy (non-hydrogen) atoms. The van der Waals surface area contributed by atoms with Crippen LogP contribution in [0.1, 0.15) is 12.8 Å². The zero-order valence-corrected chi connectivity index (χ0v) is 10.3. The summed E-state index contributed by atoms with van der Waals surface area (Å²) in [7, 11) is 0. The quantitative estimate of drug-likeness (QED) is 0.805. The fourth-order valence-corrected chi connectivity index (χ4v) is 2.61. The van der Waals surface area contributed by atoms with Crippen LogP contribution in [-0.2, 0) is 0 Å². The Morgan fingerprint density at radius 1 is 1.06 bits per heavy atom. The molecule has 2 fully saturated rings. The van der Waals surface area contributed by atoms with E-state index in [1.54, 1.807) is 0 Å². The van der Waals surface area contributed by atoms with Crippen LogP contribution in [0.25, 0.3) is 0 Å². The monoisotopic (exact) mass is 231 g/mol. The molecule has 0 unspecified atom stereocenters. The van der Waals surface area contributed by atoms with E-state index in [2.05, 4.69) is 21.9 Å². The summed E-state index contributed by atoms with van der Waals surface area (Å²) in [5, 5.41) is 0. The molecule has 0 radical (unpaired) electrons. The number of nitrogen functional groups attached to an aromatic ring is 1. The van der Waals surface area contributed by atoms with Gasteiger partial charge in [0, 0.05) is 32.7 Å². The minimum Gasteiger partial charge on any atom is -0.397 e. The number of anilines is 2. The van der Waals surface area contributed by atoms with Crippen LogP contribution in [0.15, 0.2) is 24.3 Å². The minimum absolute atomic E-state index is 0.906. The van der Waals surface area contributed by atoms with Crippen LogP contribution in [0.2, 0.25) is 0 Å². The predicted molar refractivity (Wildman–Crippen MR) is 72.2 cm³/mol. The van der Waals surface area contributed by atoms with Gasteiger partial charge in [0.25, 0.3) is 0 Å². The lowest BCUT2D eigenvalue weighted by Crippen LogP contribution is -2.47. The standard InChI is InChI=1S/C14H21N3/c15-13-3-1-2-4-14(13)17-9-7-16(8-10-17)11-12-5-6-12/h1-4,12H,5-11,15H2. The number of nitrogens with zero attached hydrogens (tertiary/aromatic N) is 2. The van der Waals surface area contributed by atoms with Gasteiger partial charge in [0.1, 0.15) is 0 Å². The summed E-state index contributed by atoms with van der Waals surface area (Å²) in [4.78, 5) is 5.02. The summed E-state index contributed by atoms with van der Waals surface area (Å²) >= 11 is 0. The van der Waals surface area contributed by atoms with Gasteiger partial charge in [-0.25, -0.2) is 0 Å². The largest absolute Gasteiger partial charge is 0.397 e. The average Bonchev–Trinajstić information content (AvgIpc) is 3.15. The van der Waals surface area contributed by atoms with Gasteiger partial charge < -0.3 is 10.6 Å². The molecule has 0 atom stereocenters. The van der Waals surface area contributed by atoms with E-state index in [1.165, 1.54) is 38.2 Å². The van der Waals surface area contributed by atoms with Crippen LogP contribution in [0.3, 0.4) is 0 Å². The second kappa shape index (κ2) is 4.57. The topological polar surface area (TPSA) is 32.5 Å². The van der Waals surface area contributed by atoms with Crippen molar-refractivity contribution in [2.75, 3.05) is 43.4 Å². The summed E-state index contributed by atoms with van der Waals surface area (Å²) in [5.41, 5.74) is 8.13. The molecule has 1 saturated heterocycles. The molecule has 1 aromatic carbocycles. The van der Waals surface area contributed by atoms with Crippen LogP contribution < -0.4 is 10.6 Å². The first-order valence-corrected chi connectivity index (χ1v) is 6.65. The van der Waals surface area contributed by atoms with Gasteiger partial charge in [0.15, 0.2) is 0 Å². The fraction of sp³-hybridized carbons (Fsp3) is 0.571. The third-order valence-corrected chi connectivity index (χ3v) is 3.86. The molecule has 1 saturated carbocycles. The van der Waals surface area contributed by atoms with Crippen molar-refractivity contribution in [3.63, 3.8) is 0 Å². The van der Waals surface area contributed by atoms with Gasteiger partial charge in [-0.1, -0.05) is 12.1 Å². The first-order valence-electron chi connectivity index (χ1n) is 6.65. The first-order chi connectivity index (χ1) is 8.33. The molecular formula is C14H21N3. The maximum Gasteiger partial charge on any atom is 0.0600 e. The maximum absolute atomic E-state index is 6.02. The Hall–Kier alpha value is -1.22. The van der Waals surface area contributed by atoms with Crippen LogP contribution in [0.4, 0.5) is 11.4 Å². The Morgan fingerprint density at radius 2 is 1.76 bits per heavy atom. The highest BCUT2D eigenvalue weighted by Crippen LogP contribution is 2.30. The Balaban J connectivity index is 1.58. The first kappa shape index (κ1) is 10.9. The van der Waals surface area contributed by atoms with E-state index in [9.17, 15) is 0 Å². The lowest BCUT2D eigenvalue weighted by Gasteiger charge is -2.36. The number of hydrogen-bond donors (Lipinski definition) is 1. The van der Waals surface area contributed by atoms with Crippen molar-refractivity contribution in [1.29, 1.82) is 0 Å². The van der Waals surface area contributed by atoms with E-state index in [-0.39, 0.29) is 0 Å². The zero-order chi connectivity index (χ0) is 11.7. The minimum atomic E-state index is 0.906. The highest BCUT2D eigenvalue weighted by molar-refractivity contribution is 5.67. The molecular weight excluding hydrogens is 210 g/mol. The van der Waals surface area contributed by atoms with Crippen molar-refractivity contribution in [2.24, 2.45) is 5.92 Å². The van der Waals surface area contributed by atoms with Gasteiger partial charge in [-0.15, -0.1) is 0 Å². The fourth-order valence-electron chi connectivity index (χ4n) is 2.61. The Bertz CT molecular complexity index is 379. The Morgan fingerprint density at radius 3 is 2.41 bits per heavy atom. The van der Waals surface area contributed by atoms with Crippen LogP contribution in [-0.4, -0.2) is 37.6 Å². The van der Waals surface area contributed by atoms with Crippen LogP contribution in [0, 0.1) is 5.92 Å². The SMILES string of the molecule is Nc1ccccc1N1CCN(CC2CC2)CC1. The number of rotatable bonds is 3. The van der Waals surface area contributed by atoms with Gasteiger partial charge in [-0.3, -0.25) is 4.90 Å². The molecule has 3 heteroatoms. The number of piperazine rings is 1. The third kappa shape index (κ3) is 2.55. The molecule has 0 bridgehead atoms. The molecule has 0 spiro atoms. The van der Waals surface area contributed by atoms with Crippen molar-refractivity contribution in [3.8, 4) is 0 Å². The smallest absolute Gasteiger partial charge is 0.0600 e. The van der Waals surface area contributed by atoms with Crippen molar-refractivity contribution in [1.82, 2.24) is 4.90 Å². The van der Waals surface area contributed by atoms with E-state index in [4.69, 9.17) is 5.73 Å². The van der Waals surface area contributed by atoms with Crippen molar-refractivity contribution >= 4 is 11.4 Å². The molecule has 0 aromatic heterocycles. The second-order valence-corrected chi connectivity index (χ2v) is 5.29. The van der Waals surface area contributed by atoms with Crippen LogP contribution in [0.5, 0.6) is 0 Å². The van der Waals surface area contributed by atoms with E-state index in [1.807, 2.05) is 12.1 Å². The number of nitrogens with two attached hydrogens (primary N) is 1. The Labute approximate surface area is 103 Å². The summed E-state index contributed by atoms with van der Waals surface area (Å²) in [5.74, 6) is 1.00. The molecule has 1 heterocycles. The van der Waals surface area contributed by atoms with E-state index < -0.39 is 0 Å². The summed E-state index contributed by atoms with van der Waals surface area (Å²) in [6.45, 7) is 5.91. The van der Waals surface area contributed by atoms with Gasteiger partial charge in [-0.2, -0.15) is 0 Å². The molecule has 3 rings (SSSR count). The van der Waals surface area contributed by atoms with Gasteiger partial charge in [0.2, 0.25) is 0 Å². The molecule has 2 aliphatic rings. The lowest BCUT2D eigenvalue weighted by atomic mass is 10.2. The van der Waals surface area contributed by atoms with Crippen LogP contribution >= 0.6 is 0 Å². The molecule has 92 valence electrons. The zero-order valence-electron chi connectivity index (χ0n) is 10.3. The van der Waals surface area contributed by atoms with Gasteiger partial charge in [-0.05, 0) is 30.9 Å². The number of hydrogen-bond acceptors (Lipinski definition) is 3. The molecule has 1 aliphatic carbocycles. The molecule has 1 aromatic rings. The molecule has 2 N–H and O–H groups in total. The molecule has 1 aliphatic heterocycles. The molecule has 0 amide bonds. The predicted octanol–water partition coefficient (Wildman–Crippen LogP) is 1.80. The van der Waals surface area contributed by atoms with Crippen molar-refractivity contribution < 1.29 is 0 Å². The number of para-hydroxylation sites is 2. The second-order valence-electron chi connectivity index (χ2n) is 5.29. The highest BCUT2D eigenvalue weighted by atomic mass is 15.3.